The quantitative estimate of drug-likeness (QED) is 0.456. The molecule has 7 heterocycles. The Morgan fingerprint density at radius 3 is 2.55 bits per heavy atom. The highest BCUT2D eigenvalue weighted by Gasteiger charge is 2.49. The van der Waals surface area contributed by atoms with Gasteiger partial charge >= 0.3 is 6.09 Å². The Bertz CT molecular complexity index is 1410. The lowest BCUT2D eigenvalue weighted by atomic mass is 9.88. The molecule has 0 spiro atoms. The van der Waals surface area contributed by atoms with Gasteiger partial charge in [0.25, 0.3) is 0 Å². The van der Waals surface area contributed by atoms with E-state index in [0.29, 0.717) is 42.5 Å². The standard InChI is InChI=1S/C28H34N8O4/c1-28(2,3)40-27(37)36-21-10-22(36)17-34(16-21)26-30-13-20(14-31-26)24-11-23(18-35-25(24)19(12-29)15-32-35)39-9-6-33-4-7-38-8-5-33/h11,13-15,18,21-22H,4-10,16-17H2,1-3H3. The Morgan fingerprint density at radius 1 is 1.15 bits per heavy atom. The summed E-state index contributed by atoms with van der Waals surface area (Å²) in [5.74, 6) is 1.27. The van der Waals surface area contributed by atoms with Gasteiger partial charge < -0.3 is 19.1 Å². The highest BCUT2D eigenvalue weighted by atomic mass is 16.6. The minimum atomic E-state index is -0.517. The molecule has 210 valence electrons. The minimum absolute atomic E-state index is 0.0905. The van der Waals surface area contributed by atoms with E-state index >= 15 is 0 Å². The zero-order valence-corrected chi connectivity index (χ0v) is 23.1. The lowest BCUT2D eigenvalue weighted by Crippen LogP contribution is -2.70. The van der Waals surface area contributed by atoms with Crippen LogP contribution in [0.3, 0.4) is 0 Å². The molecule has 4 saturated heterocycles. The summed E-state index contributed by atoms with van der Waals surface area (Å²) < 4.78 is 18.8. The molecule has 0 aliphatic carbocycles. The van der Waals surface area contributed by atoms with Crippen LogP contribution in [0.2, 0.25) is 0 Å². The molecule has 4 aliphatic rings. The molecule has 7 rings (SSSR count). The van der Waals surface area contributed by atoms with E-state index in [4.69, 9.17) is 14.2 Å². The highest BCUT2D eigenvalue weighted by molar-refractivity contribution is 5.84. The van der Waals surface area contributed by atoms with E-state index in [1.54, 1.807) is 29.3 Å². The summed E-state index contributed by atoms with van der Waals surface area (Å²) in [6.45, 7) is 11.6. The van der Waals surface area contributed by atoms with E-state index in [2.05, 4.69) is 30.9 Å². The molecule has 0 N–H and O–H groups in total. The third-order valence-electron chi connectivity index (χ3n) is 7.52. The fourth-order valence-electron chi connectivity index (χ4n) is 5.60. The van der Waals surface area contributed by atoms with Gasteiger partial charge in [0, 0.05) is 56.2 Å². The maximum absolute atomic E-state index is 12.6. The van der Waals surface area contributed by atoms with Gasteiger partial charge in [-0.3, -0.25) is 9.80 Å². The summed E-state index contributed by atoms with van der Waals surface area (Å²) in [6.07, 6.45) is 7.61. The number of fused-ring (bicyclic) bond motifs is 3. The van der Waals surface area contributed by atoms with Crippen molar-refractivity contribution >= 4 is 17.6 Å². The number of hydrogen-bond acceptors (Lipinski definition) is 10. The first kappa shape index (κ1) is 26.3. The van der Waals surface area contributed by atoms with Gasteiger partial charge in [0.15, 0.2) is 0 Å². The van der Waals surface area contributed by atoms with Crippen molar-refractivity contribution in [2.75, 3.05) is 57.4 Å². The average molecular weight is 547 g/mol. The fourth-order valence-corrected chi connectivity index (χ4v) is 5.60. The number of hydrogen-bond donors (Lipinski definition) is 0. The molecule has 3 aromatic rings. The molecule has 40 heavy (non-hydrogen) atoms. The number of anilines is 1. The maximum Gasteiger partial charge on any atom is 0.410 e. The number of amides is 1. The molecule has 0 radical (unpaired) electrons. The molecule has 3 aromatic heterocycles. The van der Waals surface area contributed by atoms with Crippen molar-refractivity contribution in [3.8, 4) is 22.9 Å². The number of nitriles is 1. The Morgan fingerprint density at radius 2 is 1.88 bits per heavy atom. The van der Waals surface area contributed by atoms with Crippen molar-refractivity contribution in [2.45, 2.75) is 44.9 Å². The monoisotopic (exact) mass is 546 g/mol. The third kappa shape index (κ3) is 5.26. The van der Waals surface area contributed by atoms with Crippen molar-refractivity contribution < 1.29 is 19.0 Å². The zero-order valence-electron chi connectivity index (χ0n) is 23.1. The van der Waals surface area contributed by atoms with E-state index in [1.165, 1.54) is 0 Å². The van der Waals surface area contributed by atoms with Crippen LogP contribution in [-0.2, 0) is 9.47 Å². The maximum atomic E-state index is 12.6. The molecule has 0 aromatic carbocycles. The number of ether oxygens (including phenoxy) is 3. The molecule has 4 aliphatic heterocycles. The minimum Gasteiger partial charge on any atom is -0.491 e. The number of rotatable bonds is 6. The molecule has 2 unspecified atom stereocenters. The van der Waals surface area contributed by atoms with Crippen LogP contribution in [-0.4, -0.2) is 106 Å². The van der Waals surface area contributed by atoms with Gasteiger partial charge in [-0.25, -0.2) is 19.3 Å². The molecular weight excluding hydrogens is 512 g/mol. The Labute approximate surface area is 233 Å². The van der Waals surface area contributed by atoms with E-state index in [1.807, 2.05) is 31.7 Å². The molecule has 2 atom stereocenters. The highest BCUT2D eigenvalue weighted by Crippen LogP contribution is 2.36. The Hall–Kier alpha value is -3.95. The number of piperidine rings is 1. The largest absolute Gasteiger partial charge is 0.491 e. The molecule has 12 nitrogen and oxygen atoms in total. The number of aromatic nitrogens is 4. The second-order valence-corrected chi connectivity index (χ2v) is 11.5. The normalized spacial score (nSPS) is 21.1. The predicted molar refractivity (Wildman–Crippen MR) is 146 cm³/mol. The number of piperazine rings is 1. The molecule has 0 saturated carbocycles. The molecule has 1 amide bonds. The van der Waals surface area contributed by atoms with Crippen LogP contribution in [0.15, 0.2) is 30.9 Å². The van der Waals surface area contributed by atoms with Crippen LogP contribution in [0, 0.1) is 11.3 Å². The van der Waals surface area contributed by atoms with Crippen LogP contribution in [0.4, 0.5) is 10.7 Å². The van der Waals surface area contributed by atoms with E-state index in [0.717, 1.165) is 50.4 Å². The van der Waals surface area contributed by atoms with Crippen molar-refractivity contribution in [1.29, 1.82) is 5.26 Å². The van der Waals surface area contributed by atoms with Crippen LogP contribution in [0.5, 0.6) is 5.75 Å². The van der Waals surface area contributed by atoms with Crippen LogP contribution >= 0.6 is 0 Å². The average Bonchev–Trinajstić information content (AvgIpc) is 3.35. The van der Waals surface area contributed by atoms with Gasteiger partial charge in [0.05, 0.1) is 48.8 Å². The second-order valence-electron chi connectivity index (χ2n) is 11.5. The van der Waals surface area contributed by atoms with Crippen molar-refractivity contribution in [3.63, 3.8) is 0 Å². The molecule has 4 fully saturated rings. The van der Waals surface area contributed by atoms with Crippen LogP contribution in [0.1, 0.15) is 32.8 Å². The van der Waals surface area contributed by atoms with Gasteiger partial charge in [-0.2, -0.15) is 10.4 Å². The van der Waals surface area contributed by atoms with Gasteiger partial charge in [0.2, 0.25) is 5.95 Å². The van der Waals surface area contributed by atoms with Gasteiger partial charge in [-0.1, -0.05) is 0 Å². The van der Waals surface area contributed by atoms with Crippen LogP contribution in [0.25, 0.3) is 16.6 Å². The number of carbonyl (C=O) groups excluding carboxylic acids is 1. The summed E-state index contributed by atoms with van der Waals surface area (Å²) in [6, 6.07) is 4.33. The summed E-state index contributed by atoms with van der Waals surface area (Å²) in [5.41, 5.74) is 2.18. The summed E-state index contributed by atoms with van der Waals surface area (Å²) >= 11 is 0. The molecule has 2 bridgehead atoms. The van der Waals surface area contributed by atoms with E-state index < -0.39 is 5.60 Å². The fraction of sp³-hybridized carbons (Fsp3) is 0.536. The number of carbonyl (C=O) groups is 1. The lowest BCUT2D eigenvalue weighted by molar-refractivity contribution is -0.0381. The number of nitrogens with zero attached hydrogens (tertiary/aromatic N) is 8. The third-order valence-corrected chi connectivity index (χ3v) is 7.52. The van der Waals surface area contributed by atoms with Gasteiger partial charge in [0.1, 0.15) is 24.0 Å². The van der Waals surface area contributed by atoms with E-state index in [-0.39, 0.29) is 18.2 Å². The SMILES string of the molecule is CC(C)(C)OC(=O)N1C2CC1CN(c1ncc(-c3cc(OCCN4CCOCC4)cn4ncc(C#N)c34)cn1)C2. The van der Waals surface area contributed by atoms with Crippen molar-refractivity contribution in [3.05, 3.63) is 36.4 Å². The Kier molecular flexibility index (Phi) is 6.93. The van der Waals surface area contributed by atoms with Gasteiger partial charge in [-0.05, 0) is 33.3 Å². The summed E-state index contributed by atoms with van der Waals surface area (Å²) in [4.78, 5) is 28.2. The zero-order chi connectivity index (χ0) is 27.9. The van der Waals surface area contributed by atoms with E-state index in [9.17, 15) is 10.1 Å². The second kappa shape index (κ2) is 10.6. The first-order valence-electron chi connectivity index (χ1n) is 13.7. The number of morpholine rings is 1. The Balaban J connectivity index is 1.17. The van der Waals surface area contributed by atoms with Gasteiger partial charge in [-0.15, -0.1) is 0 Å². The molecular formula is C28H34N8O4. The lowest BCUT2D eigenvalue weighted by Gasteiger charge is -2.55. The summed E-state index contributed by atoms with van der Waals surface area (Å²) in [7, 11) is 0. The number of pyridine rings is 1. The molecule has 12 heteroatoms. The van der Waals surface area contributed by atoms with Crippen molar-refractivity contribution in [1.82, 2.24) is 29.4 Å². The topological polar surface area (TPSA) is 121 Å². The predicted octanol–water partition coefficient (Wildman–Crippen LogP) is 2.57. The van der Waals surface area contributed by atoms with Crippen LogP contribution < -0.4 is 9.64 Å². The first-order chi connectivity index (χ1) is 19.3. The smallest absolute Gasteiger partial charge is 0.410 e. The first-order valence-corrected chi connectivity index (χ1v) is 13.7. The van der Waals surface area contributed by atoms with Crippen molar-refractivity contribution in [2.24, 2.45) is 0 Å². The summed E-state index contributed by atoms with van der Waals surface area (Å²) in [5, 5.41) is 14.1.